The van der Waals surface area contributed by atoms with Gasteiger partial charge in [-0.15, -0.1) is 13.2 Å². The molecule has 2 rings (SSSR count). The molecule has 1 aliphatic heterocycles. The minimum absolute atomic E-state index is 0.245. The lowest BCUT2D eigenvalue weighted by atomic mass is 10.1. The summed E-state index contributed by atoms with van der Waals surface area (Å²) < 4.78 is 55.9. The van der Waals surface area contributed by atoms with Crippen molar-refractivity contribution in [2.24, 2.45) is 5.73 Å². The number of benzene rings is 1. The van der Waals surface area contributed by atoms with Crippen LogP contribution in [0.15, 0.2) is 29.5 Å². The first-order valence-electron chi connectivity index (χ1n) is 7.53. The molecule has 28 heavy (non-hydrogen) atoms. The fraction of sp³-hybridized carbons (Fsp3) is 0.312. The smallest absolute Gasteiger partial charge is 0.466 e. The van der Waals surface area contributed by atoms with Gasteiger partial charge in [-0.2, -0.15) is 0 Å². The average Bonchev–Trinajstić information content (AvgIpc) is 2.64. The summed E-state index contributed by atoms with van der Waals surface area (Å²) in [6, 6.07) is 2.70. The lowest BCUT2D eigenvalue weighted by Crippen LogP contribution is -2.39. The van der Waals surface area contributed by atoms with Gasteiger partial charge in [-0.25, -0.2) is 9.59 Å². The predicted octanol–water partition coefficient (Wildman–Crippen LogP) is 1.08. The number of rotatable bonds is 5. The first kappa shape index (κ1) is 21.0. The Morgan fingerprint density at radius 1 is 1.14 bits per heavy atom. The topological polar surface area (TPSA) is 117 Å². The predicted molar refractivity (Wildman–Crippen MR) is 86.0 cm³/mol. The number of amides is 1. The maximum Gasteiger partial charge on any atom is 0.573 e. The number of nitrogens with zero attached hydrogens (tertiary/aromatic N) is 1. The summed E-state index contributed by atoms with van der Waals surface area (Å²) in [4.78, 5) is 37.0. The molecule has 0 saturated heterocycles. The zero-order valence-corrected chi connectivity index (χ0v) is 14.7. The second-order valence-electron chi connectivity index (χ2n) is 5.31. The van der Waals surface area contributed by atoms with Gasteiger partial charge in [0.2, 0.25) is 0 Å². The van der Waals surface area contributed by atoms with E-state index in [9.17, 15) is 27.6 Å². The number of carbonyl (C=O) groups is 3. The van der Waals surface area contributed by atoms with Gasteiger partial charge in [-0.05, 0) is 12.1 Å². The standard InChI is InChI=1S/C16H15F3N2O7/c1-25-14(23)10-6-27-7-21(12(10)15(24)26-2)11-5-8(28-16(17,18)19)3-4-9(11)13(20)22/h3-5H,6-7H2,1-2H3,(H2,20,22). The molecule has 0 radical (unpaired) electrons. The van der Waals surface area contributed by atoms with Crippen LogP contribution in [0.3, 0.4) is 0 Å². The molecular formula is C16H15F3N2O7. The van der Waals surface area contributed by atoms with E-state index in [1.807, 2.05) is 0 Å². The molecule has 0 unspecified atom stereocenters. The number of anilines is 1. The van der Waals surface area contributed by atoms with Gasteiger partial charge in [0.05, 0.1) is 37.7 Å². The van der Waals surface area contributed by atoms with E-state index in [1.54, 1.807) is 0 Å². The molecule has 2 N–H and O–H groups in total. The number of methoxy groups -OCH3 is 2. The quantitative estimate of drug-likeness (QED) is 0.725. The van der Waals surface area contributed by atoms with Crippen molar-refractivity contribution >= 4 is 23.5 Å². The van der Waals surface area contributed by atoms with Gasteiger partial charge in [-0.3, -0.25) is 4.79 Å². The van der Waals surface area contributed by atoms with Gasteiger partial charge in [0.15, 0.2) is 0 Å². The second kappa shape index (κ2) is 8.17. The molecule has 1 aromatic rings. The van der Waals surface area contributed by atoms with Crippen molar-refractivity contribution in [1.82, 2.24) is 0 Å². The molecule has 0 bridgehead atoms. The number of nitrogens with two attached hydrogens (primary N) is 1. The summed E-state index contributed by atoms with van der Waals surface area (Å²) in [5, 5.41) is 0. The molecule has 12 heteroatoms. The molecule has 0 aromatic heterocycles. The van der Waals surface area contributed by atoms with E-state index in [1.165, 1.54) is 0 Å². The molecule has 0 aliphatic carbocycles. The van der Waals surface area contributed by atoms with Crippen molar-refractivity contribution in [3.63, 3.8) is 0 Å². The number of ether oxygens (including phenoxy) is 4. The number of hydrogen-bond donors (Lipinski definition) is 1. The largest absolute Gasteiger partial charge is 0.573 e. The minimum Gasteiger partial charge on any atom is -0.466 e. The van der Waals surface area contributed by atoms with Gasteiger partial charge < -0.3 is 29.6 Å². The minimum atomic E-state index is -5.00. The fourth-order valence-electron chi connectivity index (χ4n) is 2.47. The summed E-state index contributed by atoms with van der Waals surface area (Å²) in [5.41, 5.74) is 4.16. The van der Waals surface area contributed by atoms with Gasteiger partial charge >= 0.3 is 18.3 Å². The van der Waals surface area contributed by atoms with Crippen molar-refractivity contribution in [3.05, 3.63) is 35.0 Å². The van der Waals surface area contributed by atoms with Crippen molar-refractivity contribution in [2.75, 3.05) is 32.5 Å². The number of hydrogen-bond acceptors (Lipinski definition) is 8. The van der Waals surface area contributed by atoms with E-state index in [0.717, 1.165) is 37.3 Å². The molecule has 1 aromatic carbocycles. The van der Waals surface area contributed by atoms with Crippen LogP contribution in [-0.2, 0) is 23.8 Å². The van der Waals surface area contributed by atoms with Crippen LogP contribution < -0.4 is 15.4 Å². The molecule has 9 nitrogen and oxygen atoms in total. The molecule has 0 spiro atoms. The van der Waals surface area contributed by atoms with Crippen LogP contribution in [-0.4, -0.2) is 51.8 Å². The van der Waals surface area contributed by atoms with Crippen LogP contribution >= 0.6 is 0 Å². The van der Waals surface area contributed by atoms with Crippen LogP contribution in [0.1, 0.15) is 10.4 Å². The van der Waals surface area contributed by atoms with E-state index < -0.39 is 30.0 Å². The maximum absolute atomic E-state index is 12.6. The zero-order chi connectivity index (χ0) is 21.1. The Kier molecular flexibility index (Phi) is 6.13. The highest BCUT2D eigenvalue weighted by atomic mass is 19.4. The van der Waals surface area contributed by atoms with E-state index in [4.69, 9.17) is 10.5 Å². The van der Waals surface area contributed by atoms with Crippen LogP contribution in [0.2, 0.25) is 0 Å². The summed E-state index contributed by atoms with van der Waals surface area (Å²) >= 11 is 0. The molecule has 1 aliphatic rings. The first-order valence-corrected chi connectivity index (χ1v) is 7.53. The van der Waals surface area contributed by atoms with Crippen molar-refractivity contribution in [2.45, 2.75) is 6.36 Å². The zero-order valence-electron chi connectivity index (χ0n) is 14.7. The number of primary amides is 1. The van der Waals surface area contributed by atoms with Crippen molar-refractivity contribution < 1.29 is 46.5 Å². The number of carbonyl (C=O) groups excluding carboxylic acids is 3. The van der Waals surface area contributed by atoms with Crippen molar-refractivity contribution in [1.29, 1.82) is 0 Å². The van der Waals surface area contributed by atoms with Crippen molar-refractivity contribution in [3.8, 4) is 5.75 Å². The Labute approximate surface area is 156 Å². The molecule has 152 valence electrons. The highest BCUT2D eigenvalue weighted by molar-refractivity contribution is 6.06. The van der Waals surface area contributed by atoms with Crippen LogP contribution in [0.4, 0.5) is 18.9 Å². The van der Waals surface area contributed by atoms with E-state index in [0.29, 0.717) is 0 Å². The molecule has 1 amide bonds. The average molecular weight is 404 g/mol. The Bertz CT molecular complexity index is 836. The SMILES string of the molecule is COC(=O)C1=C(C(=O)OC)N(c2cc(OC(F)(F)F)ccc2C(N)=O)COC1. The van der Waals surface area contributed by atoms with Gasteiger partial charge in [0, 0.05) is 6.07 Å². The van der Waals surface area contributed by atoms with Gasteiger partial charge in [0.25, 0.3) is 5.91 Å². The van der Waals surface area contributed by atoms with Crippen LogP contribution in [0.5, 0.6) is 5.75 Å². The normalized spacial score (nSPS) is 14.5. The summed E-state index contributed by atoms with van der Waals surface area (Å²) in [6.07, 6.45) is -5.00. The van der Waals surface area contributed by atoms with Gasteiger partial charge in [0.1, 0.15) is 18.2 Å². The molecule has 1 heterocycles. The summed E-state index contributed by atoms with van der Waals surface area (Å²) in [6.45, 7) is -0.709. The summed E-state index contributed by atoms with van der Waals surface area (Å²) in [7, 11) is 2.10. The lowest BCUT2D eigenvalue weighted by molar-refractivity contribution is -0.274. The van der Waals surface area contributed by atoms with Gasteiger partial charge in [-0.1, -0.05) is 0 Å². The molecule has 0 atom stereocenters. The molecular weight excluding hydrogens is 389 g/mol. The number of halogens is 3. The highest BCUT2D eigenvalue weighted by Crippen LogP contribution is 2.34. The van der Waals surface area contributed by atoms with E-state index in [2.05, 4.69) is 14.2 Å². The van der Waals surface area contributed by atoms with E-state index >= 15 is 0 Å². The maximum atomic E-state index is 12.6. The Morgan fingerprint density at radius 2 is 1.79 bits per heavy atom. The van der Waals surface area contributed by atoms with Crippen LogP contribution in [0, 0.1) is 0 Å². The number of alkyl halides is 3. The first-order chi connectivity index (χ1) is 13.1. The monoisotopic (exact) mass is 404 g/mol. The third-order valence-corrected chi connectivity index (χ3v) is 3.59. The Morgan fingerprint density at radius 3 is 2.32 bits per heavy atom. The Balaban J connectivity index is 2.67. The second-order valence-corrected chi connectivity index (χ2v) is 5.31. The third-order valence-electron chi connectivity index (χ3n) is 3.59. The third kappa shape index (κ3) is 4.52. The van der Waals surface area contributed by atoms with E-state index in [-0.39, 0.29) is 35.9 Å². The Hall–Kier alpha value is -3.28. The fourth-order valence-corrected chi connectivity index (χ4v) is 2.47. The molecule has 0 fully saturated rings. The lowest BCUT2D eigenvalue weighted by Gasteiger charge is -2.32. The number of esters is 2. The molecule has 0 saturated carbocycles. The highest BCUT2D eigenvalue weighted by Gasteiger charge is 2.35. The van der Waals surface area contributed by atoms with Crippen LogP contribution in [0.25, 0.3) is 0 Å². The summed E-state index contributed by atoms with van der Waals surface area (Å²) in [5.74, 6) is -3.60.